The van der Waals surface area contributed by atoms with E-state index < -0.39 is 10.5 Å². The van der Waals surface area contributed by atoms with Gasteiger partial charge in [0.15, 0.2) is 5.11 Å². The van der Waals surface area contributed by atoms with Crippen LogP contribution >= 0.6 is 12.2 Å². The van der Waals surface area contributed by atoms with Gasteiger partial charge in [0.1, 0.15) is 5.58 Å². The van der Waals surface area contributed by atoms with Crippen LogP contribution in [0.4, 0.5) is 17.1 Å². The maximum Gasteiger partial charge on any atom is 0.336 e. The average molecular weight is 355 g/mol. The second-order valence-corrected chi connectivity index (χ2v) is 5.75. The van der Waals surface area contributed by atoms with Crippen LogP contribution in [0.3, 0.4) is 0 Å². The van der Waals surface area contributed by atoms with Crippen LogP contribution in [0.2, 0.25) is 0 Å². The molecule has 8 heteroatoms. The number of benzene rings is 2. The number of nitro groups is 1. The fourth-order valence-electron chi connectivity index (χ4n) is 2.39. The molecule has 3 rings (SSSR count). The lowest BCUT2D eigenvalue weighted by Crippen LogP contribution is -2.19. The number of non-ortho nitro benzene ring substituents is 1. The monoisotopic (exact) mass is 355 g/mol. The molecule has 0 saturated carbocycles. The van der Waals surface area contributed by atoms with Gasteiger partial charge in [-0.25, -0.2) is 4.79 Å². The molecule has 0 atom stereocenters. The Hall–Kier alpha value is -3.26. The summed E-state index contributed by atoms with van der Waals surface area (Å²) in [5.41, 5.74) is 1.96. The highest BCUT2D eigenvalue weighted by atomic mass is 32.1. The summed E-state index contributed by atoms with van der Waals surface area (Å²) < 4.78 is 5.19. The van der Waals surface area contributed by atoms with E-state index in [9.17, 15) is 14.9 Å². The lowest BCUT2D eigenvalue weighted by molar-refractivity contribution is -0.384. The molecule has 1 heterocycles. The maximum absolute atomic E-state index is 11.5. The molecule has 126 valence electrons. The zero-order valence-corrected chi connectivity index (χ0v) is 13.9. The molecule has 0 aliphatic rings. The van der Waals surface area contributed by atoms with Crippen molar-refractivity contribution in [2.24, 2.45) is 0 Å². The summed E-state index contributed by atoms with van der Waals surface area (Å²) in [5.74, 6) is 0. The largest absolute Gasteiger partial charge is 0.423 e. The Morgan fingerprint density at radius 1 is 1.12 bits per heavy atom. The Morgan fingerprint density at radius 3 is 2.56 bits per heavy atom. The van der Waals surface area contributed by atoms with E-state index in [1.165, 1.54) is 18.2 Å². The first-order valence-electron chi connectivity index (χ1n) is 7.29. The maximum atomic E-state index is 11.5. The van der Waals surface area contributed by atoms with E-state index in [-0.39, 0.29) is 10.8 Å². The number of thiocarbonyl (C=S) groups is 1. The van der Waals surface area contributed by atoms with Crippen molar-refractivity contribution >= 4 is 45.4 Å². The molecule has 0 fully saturated rings. The van der Waals surface area contributed by atoms with E-state index in [1.54, 1.807) is 24.3 Å². The number of rotatable bonds is 3. The van der Waals surface area contributed by atoms with Crippen molar-refractivity contribution in [2.75, 3.05) is 10.6 Å². The Balaban J connectivity index is 1.79. The van der Waals surface area contributed by atoms with Crippen molar-refractivity contribution in [3.8, 4) is 0 Å². The first kappa shape index (κ1) is 16.6. The van der Waals surface area contributed by atoms with Crippen LogP contribution in [-0.2, 0) is 0 Å². The quantitative estimate of drug-likeness (QED) is 0.319. The molecule has 2 aromatic carbocycles. The number of fused-ring (bicyclic) bond motifs is 1. The van der Waals surface area contributed by atoms with E-state index in [2.05, 4.69) is 10.6 Å². The molecule has 0 spiro atoms. The van der Waals surface area contributed by atoms with E-state index in [1.807, 2.05) is 13.0 Å². The van der Waals surface area contributed by atoms with Gasteiger partial charge in [-0.1, -0.05) is 6.07 Å². The number of aryl methyl sites for hydroxylation is 1. The lowest BCUT2D eigenvalue weighted by Gasteiger charge is -2.11. The van der Waals surface area contributed by atoms with Crippen molar-refractivity contribution in [2.45, 2.75) is 6.92 Å². The summed E-state index contributed by atoms with van der Waals surface area (Å²) in [6, 6.07) is 12.8. The predicted molar refractivity (Wildman–Crippen MR) is 100 cm³/mol. The molecule has 3 aromatic rings. The standard InChI is InChI=1S/C17H13N3O4S/c1-10-7-16(21)24-15-9-12(5-6-14(10)15)19-17(25)18-11-3-2-4-13(8-11)20(22)23/h2-9H,1H3,(H2,18,19,25). The van der Waals surface area contributed by atoms with Crippen LogP contribution in [0.15, 0.2) is 57.7 Å². The molecule has 1 aromatic heterocycles. The van der Waals surface area contributed by atoms with Crippen molar-refractivity contribution in [3.63, 3.8) is 0 Å². The molecule has 0 aliphatic heterocycles. The lowest BCUT2D eigenvalue weighted by atomic mass is 10.1. The summed E-state index contributed by atoms with van der Waals surface area (Å²) >= 11 is 5.22. The van der Waals surface area contributed by atoms with Crippen molar-refractivity contribution in [1.29, 1.82) is 0 Å². The second kappa shape index (κ2) is 6.70. The highest BCUT2D eigenvalue weighted by Gasteiger charge is 2.08. The third-order valence-corrected chi connectivity index (χ3v) is 3.73. The average Bonchev–Trinajstić information content (AvgIpc) is 2.54. The van der Waals surface area contributed by atoms with Gasteiger partial charge in [0, 0.05) is 41.0 Å². The van der Waals surface area contributed by atoms with Gasteiger partial charge >= 0.3 is 5.63 Å². The minimum absolute atomic E-state index is 0.0317. The molecular weight excluding hydrogens is 342 g/mol. The number of nitrogens with one attached hydrogen (secondary N) is 2. The van der Waals surface area contributed by atoms with Crippen molar-refractivity contribution in [1.82, 2.24) is 0 Å². The minimum Gasteiger partial charge on any atom is -0.423 e. The second-order valence-electron chi connectivity index (χ2n) is 5.35. The number of nitrogens with zero attached hydrogens (tertiary/aromatic N) is 1. The Bertz CT molecular complexity index is 1050. The third kappa shape index (κ3) is 3.81. The van der Waals surface area contributed by atoms with Gasteiger partial charge in [0.05, 0.1) is 4.92 Å². The van der Waals surface area contributed by atoms with Gasteiger partial charge in [-0.3, -0.25) is 10.1 Å². The third-order valence-electron chi connectivity index (χ3n) is 3.52. The Morgan fingerprint density at radius 2 is 1.84 bits per heavy atom. The normalized spacial score (nSPS) is 10.4. The van der Waals surface area contributed by atoms with Crippen LogP contribution < -0.4 is 16.3 Å². The summed E-state index contributed by atoms with van der Waals surface area (Å²) in [6.07, 6.45) is 0. The Labute approximate surface area is 147 Å². The van der Waals surface area contributed by atoms with Crippen LogP contribution in [0.5, 0.6) is 0 Å². The van der Waals surface area contributed by atoms with Gasteiger partial charge in [0.2, 0.25) is 0 Å². The van der Waals surface area contributed by atoms with Gasteiger partial charge in [-0.2, -0.15) is 0 Å². The molecule has 2 N–H and O–H groups in total. The molecule has 0 amide bonds. The van der Waals surface area contributed by atoms with E-state index in [4.69, 9.17) is 16.6 Å². The summed E-state index contributed by atoms with van der Waals surface area (Å²) in [6.45, 7) is 1.83. The number of hydrogen-bond donors (Lipinski definition) is 2. The van der Waals surface area contributed by atoms with Crippen LogP contribution in [-0.4, -0.2) is 10.0 Å². The Kier molecular flexibility index (Phi) is 4.44. The van der Waals surface area contributed by atoms with Crippen molar-refractivity contribution < 1.29 is 9.34 Å². The van der Waals surface area contributed by atoms with Gasteiger partial charge < -0.3 is 15.1 Å². The molecule has 0 aliphatic carbocycles. The summed E-state index contributed by atoms with van der Waals surface area (Å²) in [7, 11) is 0. The first-order valence-corrected chi connectivity index (χ1v) is 7.70. The molecule has 0 unspecified atom stereocenters. The summed E-state index contributed by atoms with van der Waals surface area (Å²) in [5, 5.41) is 17.7. The minimum atomic E-state index is -0.477. The topological polar surface area (TPSA) is 97.4 Å². The predicted octanol–water partition coefficient (Wildman–Crippen LogP) is 3.82. The molecule has 7 nitrogen and oxygen atoms in total. The highest BCUT2D eigenvalue weighted by Crippen LogP contribution is 2.21. The van der Waals surface area contributed by atoms with E-state index in [0.717, 1.165) is 10.9 Å². The van der Waals surface area contributed by atoms with Gasteiger partial charge in [-0.15, -0.1) is 0 Å². The molecule has 0 bridgehead atoms. The highest BCUT2D eigenvalue weighted by molar-refractivity contribution is 7.80. The van der Waals surface area contributed by atoms with Gasteiger partial charge in [-0.05, 0) is 42.9 Å². The smallest absolute Gasteiger partial charge is 0.336 e. The molecule has 0 radical (unpaired) electrons. The fraction of sp³-hybridized carbons (Fsp3) is 0.0588. The zero-order valence-electron chi connectivity index (χ0n) is 13.1. The molecule has 25 heavy (non-hydrogen) atoms. The number of anilines is 2. The van der Waals surface area contributed by atoms with Crippen LogP contribution in [0.1, 0.15) is 5.56 Å². The van der Waals surface area contributed by atoms with Crippen LogP contribution in [0, 0.1) is 17.0 Å². The van der Waals surface area contributed by atoms with Crippen molar-refractivity contribution in [3.05, 3.63) is 74.6 Å². The molecular formula is C17H13N3O4S. The number of hydrogen-bond acceptors (Lipinski definition) is 5. The fourth-order valence-corrected chi connectivity index (χ4v) is 2.63. The SMILES string of the molecule is Cc1cc(=O)oc2cc(NC(=S)Nc3cccc([N+](=O)[O-])c3)ccc12. The van der Waals surface area contributed by atoms with Crippen LogP contribution in [0.25, 0.3) is 11.0 Å². The van der Waals surface area contributed by atoms with Gasteiger partial charge in [0.25, 0.3) is 5.69 Å². The summed E-state index contributed by atoms with van der Waals surface area (Å²) in [4.78, 5) is 21.8. The number of nitro benzene ring substituents is 1. The molecule has 0 saturated heterocycles. The zero-order chi connectivity index (χ0) is 18.0. The first-order chi connectivity index (χ1) is 11.9. The van der Waals surface area contributed by atoms with E-state index >= 15 is 0 Å². The van der Waals surface area contributed by atoms with E-state index in [0.29, 0.717) is 17.0 Å².